The van der Waals surface area contributed by atoms with Crippen LogP contribution < -0.4 is 15.5 Å². The minimum Gasteiger partial charge on any atom is -0.372 e. The van der Waals surface area contributed by atoms with Crippen molar-refractivity contribution in [3.05, 3.63) is 41.3 Å². The molecule has 2 N–H and O–H groups in total. The van der Waals surface area contributed by atoms with Gasteiger partial charge < -0.3 is 15.5 Å². The first-order chi connectivity index (χ1) is 15.1. The van der Waals surface area contributed by atoms with E-state index in [0.717, 1.165) is 75.0 Å². The molecule has 3 heterocycles. The maximum absolute atomic E-state index is 4.80. The van der Waals surface area contributed by atoms with Gasteiger partial charge in [0.2, 0.25) is 5.95 Å². The SMILES string of the molecule is CN(C)c1ncc(CN(C)C2CCCc3cccnc32)c(NCCCC2=NCCN2)n1. The Morgan fingerprint density at radius 3 is 2.94 bits per heavy atom. The van der Waals surface area contributed by atoms with E-state index < -0.39 is 0 Å². The zero-order chi connectivity index (χ0) is 21.6. The maximum atomic E-state index is 4.80. The van der Waals surface area contributed by atoms with Crippen LogP contribution in [0.3, 0.4) is 0 Å². The van der Waals surface area contributed by atoms with E-state index in [2.05, 4.69) is 38.6 Å². The molecule has 8 nitrogen and oxygen atoms in total. The molecular weight excluding hydrogens is 388 g/mol. The van der Waals surface area contributed by atoms with Gasteiger partial charge in [-0.1, -0.05) is 6.07 Å². The summed E-state index contributed by atoms with van der Waals surface area (Å²) < 4.78 is 0. The van der Waals surface area contributed by atoms with Crippen molar-refractivity contribution >= 4 is 17.6 Å². The van der Waals surface area contributed by atoms with Crippen molar-refractivity contribution in [1.29, 1.82) is 0 Å². The summed E-state index contributed by atoms with van der Waals surface area (Å²) >= 11 is 0. The summed E-state index contributed by atoms with van der Waals surface area (Å²) in [6.45, 7) is 3.51. The van der Waals surface area contributed by atoms with Crippen molar-refractivity contribution in [2.45, 2.75) is 44.7 Å². The second-order valence-corrected chi connectivity index (χ2v) is 8.59. The molecule has 166 valence electrons. The van der Waals surface area contributed by atoms with Crippen LogP contribution in [-0.4, -0.2) is 66.5 Å². The van der Waals surface area contributed by atoms with Crippen molar-refractivity contribution in [1.82, 2.24) is 25.2 Å². The highest BCUT2D eigenvalue weighted by Gasteiger charge is 2.25. The Kier molecular flexibility index (Phi) is 6.96. The molecule has 0 radical (unpaired) electrons. The number of amidine groups is 1. The molecule has 8 heteroatoms. The second kappa shape index (κ2) is 10.0. The lowest BCUT2D eigenvalue weighted by Gasteiger charge is -2.32. The van der Waals surface area contributed by atoms with Gasteiger partial charge in [-0.2, -0.15) is 4.98 Å². The van der Waals surface area contributed by atoms with E-state index in [9.17, 15) is 0 Å². The first-order valence-corrected chi connectivity index (χ1v) is 11.3. The summed E-state index contributed by atoms with van der Waals surface area (Å²) in [4.78, 5) is 22.9. The molecule has 31 heavy (non-hydrogen) atoms. The molecule has 0 bridgehead atoms. The molecule has 0 spiro atoms. The minimum absolute atomic E-state index is 0.331. The zero-order valence-corrected chi connectivity index (χ0v) is 18.9. The van der Waals surface area contributed by atoms with Crippen LogP contribution in [0.4, 0.5) is 11.8 Å². The van der Waals surface area contributed by atoms with Crippen LogP contribution >= 0.6 is 0 Å². The van der Waals surface area contributed by atoms with Gasteiger partial charge in [0.1, 0.15) is 5.82 Å². The third kappa shape index (κ3) is 5.31. The van der Waals surface area contributed by atoms with E-state index >= 15 is 0 Å². The predicted molar refractivity (Wildman–Crippen MR) is 126 cm³/mol. The molecule has 0 amide bonds. The summed E-state index contributed by atoms with van der Waals surface area (Å²) in [6, 6.07) is 4.59. The van der Waals surface area contributed by atoms with Crippen molar-refractivity contribution in [3.8, 4) is 0 Å². The van der Waals surface area contributed by atoms with Gasteiger partial charge >= 0.3 is 0 Å². The molecule has 1 unspecified atom stereocenters. The average Bonchev–Trinajstić information content (AvgIpc) is 3.30. The highest BCUT2D eigenvalue weighted by Crippen LogP contribution is 2.33. The molecule has 2 aromatic rings. The number of hydrogen-bond donors (Lipinski definition) is 2. The number of anilines is 2. The van der Waals surface area contributed by atoms with Gasteiger partial charge in [0, 0.05) is 58.1 Å². The number of fused-ring (bicyclic) bond motifs is 1. The lowest BCUT2D eigenvalue weighted by atomic mass is 9.91. The minimum atomic E-state index is 0.331. The normalized spacial score (nSPS) is 17.8. The first kappa shape index (κ1) is 21.5. The Morgan fingerprint density at radius 2 is 2.13 bits per heavy atom. The monoisotopic (exact) mass is 422 g/mol. The summed E-state index contributed by atoms with van der Waals surface area (Å²) in [7, 11) is 6.13. The maximum Gasteiger partial charge on any atom is 0.226 e. The molecule has 4 rings (SSSR count). The van der Waals surface area contributed by atoms with Crippen LogP contribution in [0.15, 0.2) is 29.5 Å². The molecule has 0 fully saturated rings. The summed E-state index contributed by atoms with van der Waals surface area (Å²) in [5.74, 6) is 2.77. The van der Waals surface area contributed by atoms with Crippen LogP contribution in [-0.2, 0) is 13.0 Å². The fourth-order valence-electron chi connectivity index (χ4n) is 4.35. The van der Waals surface area contributed by atoms with Gasteiger partial charge in [-0.3, -0.25) is 14.9 Å². The van der Waals surface area contributed by atoms with Crippen LogP contribution in [0.1, 0.15) is 48.5 Å². The number of aryl methyl sites for hydroxylation is 1. The average molecular weight is 423 g/mol. The Morgan fingerprint density at radius 1 is 1.23 bits per heavy atom. The van der Waals surface area contributed by atoms with Crippen molar-refractivity contribution < 1.29 is 0 Å². The lowest BCUT2D eigenvalue weighted by molar-refractivity contribution is 0.208. The van der Waals surface area contributed by atoms with Gasteiger partial charge in [0.15, 0.2) is 0 Å². The summed E-state index contributed by atoms with van der Waals surface area (Å²) in [6.07, 6.45) is 9.33. The fraction of sp³-hybridized carbons (Fsp3) is 0.565. The van der Waals surface area contributed by atoms with E-state index in [0.29, 0.717) is 6.04 Å². The molecule has 1 atom stereocenters. The summed E-state index contributed by atoms with van der Waals surface area (Å²) in [5, 5.41) is 6.90. The number of aliphatic imine (C=N–C) groups is 1. The molecule has 0 aromatic carbocycles. The van der Waals surface area contributed by atoms with Crippen LogP contribution in [0.2, 0.25) is 0 Å². The van der Waals surface area contributed by atoms with Gasteiger partial charge in [-0.15, -0.1) is 0 Å². The highest BCUT2D eigenvalue weighted by atomic mass is 15.2. The van der Waals surface area contributed by atoms with Crippen molar-refractivity contribution in [2.75, 3.05) is 51.0 Å². The molecule has 0 saturated heterocycles. The molecular formula is C23H34N8. The Bertz CT molecular complexity index is 910. The predicted octanol–water partition coefficient (Wildman–Crippen LogP) is 2.64. The van der Waals surface area contributed by atoms with Gasteiger partial charge in [-0.05, 0) is 44.4 Å². The van der Waals surface area contributed by atoms with E-state index in [1.54, 1.807) is 0 Å². The van der Waals surface area contributed by atoms with E-state index in [1.165, 1.54) is 17.7 Å². The third-order valence-corrected chi connectivity index (χ3v) is 6.00. The number of rotatable bonds is 9. The molecule has 1 aliphatic heterocycles. The number of nitrogens with zero attached hydrogens (tertiary/aromatic N) is 6. The van der Waals surface area contributed by atoms with Gasteiger partial charge in [-0.25, -0.2) is 4.98 Å². The summed E-state index contributed by atoms with van der Waals surface area (Å²) in [5.41, 5.74) is 3.72. The number of pyridine rings is 1. The van der Waals surface area contributed by atoms with Crippen LogP contribution in [0, 0.1) is 0 Å². The number of aromatic nitrogens is 3. The lowest BCUT2D eigenvalue weighted by Crippen LogP contribution is -2.29. The Labute approximate surface area is 185 Å². The Balaban J connectivity index is 1.45. The number of nitrogens with one attached hydrogen (secondary N) is 2. The first-order valence-electron chi connectivity index (χ1n) is 11.3. The van der Waals surface area contributed by atoms with Crippen LogP contribution in [0.25, 0.3) is 0 Å². The molecule has 2 aromatic heterocycles. The molecule has 1 aliphatic carbocycles. The van der Waals surface area contributed by atoms with E-state index in [1.807, 2.05) is 37.5 Å². The van der Waals surface area contributed by atoms with Crippen molar-refractivity contribution in [2.24, 2.45) is 4.99 Å². The van der Waals surface area contributed by atoms with Crippen LogP contribution in [0.5, 0.6) is 0 Å². The highest BCUT2D eigenvalue weighted by molar-refractivity contribution is 5.83. The molecule has 0 saturated carbocycles. The third-order valence-electron chi connectivity index (χ3n) is 6.00. The largest absolute Gasteiger partial charge is 0.372 e. The Hall–Kier alpha value is -2.74. The van der Waals surface area contributed by atoms with Crippen molar-refractivity contribution in [3.63, 3.8) is 0 Å². The molecule has 2 aliphatic rings. The van der Waals surface area contributed by atoms with Gasteiger partial charge in [0.05, 0.1) is 24.1 Å². The quantitative estimate of drug-likeness (QED) is 0.601. The number of hydrogen-bond acceptors (Lipinski definition) is 8. The van der Waals surface area contributed by atoms with E-state index in [-0.39, 0.29) is 0 Å². The smallest absolute Gasteiger partial charge is 0.226 e. The second-order valence-electron chi connectivity index (χ2n) is 8.59. The topological polar surface area (TPSA) is 81.6 Å². The zero-order valence-electron chi connectivity index (χ0n) is 18.9. The fourth-order valence-corrected chi connectivity index (χ4v) is 4.35. The van der Waals surface area contributed by atoms with E-state index in [4.69, 9.17) is 9.97 Å². The standard InChI is InChI=1S/C23H34N8/c1-30(2)23-28-15-18(22(29-23)27-12-6-10-20-24-13-14-25-20)16-31(3)19-9-4-7-17-8-5-11-26-21(17)19/h5,8,11,15,19H,4,6-7,9-10,12-14,16H2,1-3H3,(H,24,25)(H,27,28,29). The van der Waals surface area contributed by atoms with Gasteiger partial charge in [0.25, 0.3) is 0 Å².